The van der Waals surface area contributed by atoms with E-state index in [-0.39, 0.29) is 22.9 Å². The van der Waals surface area contributed by atoms with Crippen LogP contribution in [0.5, 0.6) is 0 Å². The number of hydrogen-bond acceptors (Lipinski definition) is 4. The normalized spacial score (nSPS) is 13.4. The molecule has 28 heavy (non-hydrogen) atoms. The number of ether oxygens (including phenoxy) is 1. The average molecular weight is 424 g/mol. The first-order chi connectivity index (χ1) is 12.5. The molecule has 0 aliphatic rings. The Kier molecular flexibility index (Phi) is 6.99. The zero-order valence-corrected chi connectivity index (χ0v) is 14.6. The SMILES string of the molecule is [B]Cc1cc([B])cc(C(=O)OC(CS(=O)(=O)O)(C(F)(F)F)C(F)(F)F)c1C[B]. The van der Waals surface area contributed by atoms with Gasteiger partial charge in [-0.15, -0.1) is 0 Å². The van der Waals surface area contributed by atoms with E-state index >= 15 is 0 Å². The van der Waals surface area contributed by atoms with Gasteiger partial charge in [0.05, 0.1) is 21.3 Å². The molecular formula is C13H9B3F6O5S. The maximum Gasteiger partial charge on any atom is 0.438 e. The molecule has 0 fully saturated rings. The number of carbonyl (C=O) groups excluding carboxylic acids is 1. The van der Waals surface area contributed by atoms with Gasteiger partial charge in [-0.2, -0.15) is 34.8 Å². The summed E-state index contributed by atoms with van der Waals surface area (Å²) in [4.78, 5) is 12.2. The van der Waals surface area contributed by atoms with E-state index in [1.165, 1.54) is 6.07 Å². The number of benzene rings is 1. The van der Waals surface area contributed by atoms with Gasteiger partial charge >= 0.3 is 23.9 Å². The van der Waals surface area contributed by atoms with Crippen molar-refractivity contribution in [3.05, 3.63) is 28.8 Å². The van der Waals surface area contributed by atoms with E-state index in [0.29, 0.717) is 6.07 Å². The third-order valence-corrected chi connectivity index (χ3v) is 4.35. The highest BCUT2D eigenvalue weighted by molar-refractivity contribution is 7.85. The highest BCUT2D eigenvalue weighted by Gasteiger charge is 2.76. The van der Waals surface area contributed by atoms with Crippen LogP contribution in [0.4, 0.5) is 26.3 Å². The Bertz CT molecular complexity index is 839. The zero-order chi connectivity index (χ0) is 22.1. The van der Waals surface area contributed by atoms with E-state index < -0.39 is 51.7 Å². The van der Waals surface area contributed by atoms with Crippen LogP contribution in [0.15, 0.2) is 12.1 Å². The van der Waals surface area contributed by atoms with Gasteiger partial charge in [0.15, 0.2) is 0 Å². The van der Waals surface area contributed by atoms with E-state index in [1.54, 1.807) is 0 Å². The lowest BCUT2D eigenvalue weighted by Gasteiger charge is -2.35. The number of rotatable bonds is 6. The minimum absolute atomic E-state index is 0.0499. The van der Waals surface area contributed by atoms with Crippen molar-refractivity contribution < 1.29 is 48.8 Å². The molecule has 1 rings (SSSR count). The number of carbonyl (C=O) groups is 1. The first kappa shape index (κ1) is 24.4. The third-order valence-electron chi connectivity index (χ3n) is 3.58. The molecule has 0 saturated carbocycles. The van der Waals surface area contributed by atoms with Gasteiger partial charge in [0.1, 0.15) is 13.6 Å². The Labute approximate surface area is 159 Å². The van der Waals surface area contributed by atoms with Crippen molar-refractivity contribution >= 4 is 45.1 Å². The van der Waals surface area contributed by atoms with Gasteiger partial charge < -0.3 is 4.74 Å². The van der Waals surface area contributed by atoms with Crippen molar-refractivity contribution in [3.63, 3.8) is 0 Å². The summed E-state index contributed by atoms with van der Waals surface area (Å²) in [5, 5.41) is 0. The Morgan fingerprint density at radius 1 is 1.04 bits per heavy atom. The summed E-state index contributed by atoms with van der Waals surface area (Å²) in [6, 6.07) is 1.90. The van der Waals surface area contributed by atoms with Crippen LogP contribution in [0.3, 0.4) is 0 Å². The van der Waals surface area contributed by atoms with E-state index in [9.17, 15) is 39.6 Å². The van der Waals surface area contributed by atoms with Crippen molar-refractivity contribution in [2.75, 3.05) is 5.75 Å². The van der Waals surface area contributed by atoms with Gasteiger partial charge in [-0.05, 0) is 5.56 Å². The summed E-state index contributed by atoms with van der Waals surface area (Å²) >= 11 is 0. The van der Waals surface area contributed by atoms with Crippen LogP contribution >= 0.6 is 0 Å². The van der Waals surface area contributed by atoms with E-state index in [4.69, 9.17) is 28.1 Å². The fourth-order valence-corrected chi connectivity index (χ4v) is 3.20. The highest BCUT2D eigenvalue weighted by Crippen LogP contribution is 2.47. The van der Waals surface area contributed by atoms with Crippen LogP contribution in [-0.4, -0.2) is 66.2 Å². The average Bonchev–Trinajstić information content (AvgIpc) is 2.49. The van der Waals surface area contributed by atoms with Gasteiger partial charge in [0.2, 0.25) is 0 Å². The van der Waals surface area contributed by atoms with Crippen LogP contribution in [-0.2, 0) is 27.5 Å². The molecular weight excluding hydrogens is 415 g/mol. The smallest absolute Gasteiger partial charge is 0.435 e. The van der Waals surface area contributed by atoms with Crippen LogP contribution in [0, 0.1) is 0 Å². The Morgan fingerprint density at radius 2 is 1.54 bits per heavy atom. The summed E-state index contributed by atoms with van der Waals surface area (Å²) < 4.78 is 113. The summed E-state index contributed by atoms with van der Waals surface area (Å²) in [6.07, 6.45) is -13.7. The van der Waals surface area contributed by atoms with Crippen LogP contribution in [0.1, 0.15) is 21.5 Å². The Morgan fingerprint density at radius 3 is 1.89 bits per heavy atom. The lowest BCUT2D eigenvalue weighted by Crippen LogP contribution is -2.63. The van der Waals surface area contributed by atoms with E-state index in [0.717, 1.165) is 0 Å². The van der Waals surface area contributed by atoms with Gasteiger partial charge in [0.25, 0.3) is 10.1 Å². The maximum atomic E-state index is 13.2. The standard InChI is InChI=1S/C13H9B3F6O5S/c14-3-6-1-7(16)2-8(9(6)4-15)10(23)27-11(12(17,18)19,13(20,21)22)5-28(24,25)26/h1-2H,3-5H2,(H,24,25,26). The van der Waals surface area contributed by atoms with E-state index in [1.807, 2.05) is 0 Å². The van der Waals surface area contributed by atoms with E-state index in [2.05, 4.69) is 4.74 Å². The number of hydrogen-bond donors (Lipinski definition) is 1. The van der Waals surface area contributed by atoms with Crippen LogP contribution in [0.25, 0.3) is 0 Å². The number of alkyl halides is 6. The summed E-state index contributed by atoms with van der Waals surface area (Å²) in [5.74, 6) is -5.20. The third kappa shape index (κ3) is 5.05. The predicted octanol–water partition coefficient (Wildman–Crippen LogP) is 0.725. The van der Waals surface area contributed by atoms with Gasteiger partial charge in [-0.1, -0.05) is 35.8 Å². The number of esters is 1. The van der Waals surface area contributed by atoms with Crippen molar-refractivity contribution in [1.29, 1.82) is 0 Å². The fraction of sp³-hybridized carbons (Fsp3) is 0.462. The Balaban J connectivity index is 3.66. The van der Waals surface area contributed by atoms with Crippen molar-refractivity contribution in [2.45, 2.75) is 30.6 Å². The minimum Gasteiger partial charge on any atom is -0.435 e. The first-order valence-corrected chi connectivity index (χ1v) is 8.73. The molecule has 0 aromatic heterocycles. The molecule has 0 saturated heterocycles. The molecule has 1 N–H and O–H groups in total. The molecule has 0 atom stereocenters. The molecule has 0 spiro atoms. The monoisotopic (exact) mass is 424 g/mol. The maximum absolute atomic E-state index is 13.2. The second-order valence-electron chi connectivity index (χ2n) is 5.55. The van der Waals surface area contributed by atoms with Crippen molar-refractivity contribution in [1.82, 2.24) is 0 Å². The Hall–Kier alpha value is -1.63. The molecule has 6 radical (unpaired) electrons. The largest absolute Gasteiger partial charge is 0.438 e. The highest BCUT2D eigenvalue weighted by atomic mass is 32.2. The molecule has 0 unspecified atom stereocenters. The molecule has 0 aliphatic carbocycles. The lowest BCUT2D eigenvalue weighted by atomic mass is 9.80. The minimum atomic E-state index is -6.45. The summed E-state index contributed by atoms with van der Waals surface area (Å²) in [6.45, 7) is 0. The van der Waals surface area contributed by atoms with Gasteiger partial charge in [0, 0.05) is 0 Å². The lowest BCUT2D eigenvalue weighted by molar-refractivity contribution is -0.356. The van der Waals surface area contributed by atoms with Gasteiger partial charge in [-0.25, -0.2) is 4.79 Å². The second kappa shape index (κ2) is 8.01. The van der Waals surface area contributed by atoms with Crippen LogP contribution in [0.2, 0.25) is 0 Å². The number of halogens is 6. The molecule has 1 aromatic rings. The van der Waals surface area contributed by atoms with Crippen LogP contribution < -0.4 is 5.46 Å². The predicted molar refractivity (Wildman–Crippen MR) is 87.4 cm³/mol. The summed E-state index contributed by atoms with van der Waals surface area (Å²) in [7, 11) is 10.3. The fourth-order valence-electron chi connectivity index (χ4n) is 2.30. The molecule has 5 nitrogen and oxygen atoms in total. The molecule has 15 heteroatoms. The zero-order valence-electron chi connectivity index (χ0n) is 13.8. The second-order valence-corrected chi connectivity index (χ2v) is 7.01. The molecule has 0 amide bonds. The summed E-state index contributed by atoms with van der Waals surface area (Å²) in [5.41, 5.74) is -6.84. The molecule has 0 aliphatic heterocycles. The quantitative estimate of drug-likeness (QED) is 0.316. The van der Waals surface area contributed by atoms with Gasteiger partial charge in [-0.3, -0.25) is 4.55 Å². The first-order valence-electron chi connectivity index (χ1n) is 7.12. The van der Waals surface area contributed by atoms with Crippen molar-refractivity contribution in [2.24, 2.45) is 0 Å². The molecule has 0 heterocycles. The molecule has 148 valence electrons. The topological polar surface area (TPSA) is 80.7 Å². The molecule has 0 bridgehead atoms. The molecule has 1 aromatic carbocycles. The van der Waals surface area contributed by atoms with Crippen molar-refractivity contribution in [3.8, 4) is 0 Å².